The van der Waals surface area contributed by atoms with E-state index in [9.17, 15) is 0 Å². The number of aromatic nitrogens is 3. The second-order valence-electron chi connectivity index (χ2n) is 5.83. The van der Waals surface area contributed by atoms with Gasteiger partial charge in [-0.2, -0.15) is 0 Å². The Balaban J connectivity index is 2.02. The number of halogens is 2. The number of hydrogen-bond acceptors (Lipinski definition) is 2. The van der Waals surface area contributed by atoms with Crippen molar-refractivity contribution in [3.05, 3.63) is 23.1 Å². The molecule has 0 N–H and O–H groups in total. The van der Waals surface area contributed by atoms with E-state index in [2.05, 4.69) is 9.55 Å². The third kappa shape index (κ3) is 3.35. The van der Waals surface area contributed by atoms with Crippen LogP contribution in [0, 0.1) is 0 Å². The number of imidazole rings is 1. The summed E-state index contributed by atoms with van der Waals surface area (Å²) in [6.45, 7) is 0. The van der Waals surface area contributed by atoms with Crippen molar-refractivity contribution in [2.45, 2.75) is 57.4 Å². The summed E-state index contributed by atoms with van der Waals surface area (Å²) >= 11 is 12.0. The Morgan fingerprint density at radius 1 is 1.14 bits per heavy atom. The molecule has 2 aromatic rings. The number of aryl methyl sites for hydroxylation is 1. The topological polar surface area (TPSA) is 30.7 Å². The van der Waals surface area contributed by atoms with E-state index in [-0.39, 0.29) is 0 Å². The molecule has 2 heterocycles. The zero-order valence-corrected chi connectivity index (χ0v) is 13.7. The quantitative estimate of drug-likeness (QED) is 0.730. The van der Waals surface area contributed by atoms with E-state index in [1.807, 2.05) is 6.07 Å². The number of nitrogens with zero attached hydrogens (tertiary/aromatic N) is 3. The lowest BCUT2D eigenvalue weighted by Crippen LogP contribution is -2.15. The molecule has 2 aromatic heterocycles. The summed E-state index contributed by atoms with van der Waals surface area (Å²) in [7, 11) is 0. The third-order valence-electron chi connectivity index (χ3n) is 4.33. The molecule has 5 heteroatoms. The minimum absolute atomic E-state index is 0.502. The van der Waals surface area contributed by atoms with Crippen molar-refractivity contribution >= 4 is 34.4 Å². The number of hydrogen-bond donors (Lipinski definition) is 0. The first kappa shape index (κ1) is 15.1. The largest absolute Gasteiger partial charge is 0.310 e. The standard InChI is InChI=1S/C16H21Cl2N3/c17-9-8-15-20-14-10-12(18)11-19-16(14)21(15)13-6-4-2-1-3-5-7-13/h10-11,13H,1-9H2. The SMILES string of the molecule is ClCCc1nc2cc(Cl)cnc2n1C1CCCCCCC1. The van der Waals surface area contributed by atoms with E-state index in [1.54, 1.807) is 6.20 Å². The molecule has 0 radical (unpaired) electrons. The van der Waals surface area contributed by atoms with Gasteiger partial charge in [0.1, 0.15) is 11.3 Å². The van der Waals surface area contributed by atoms with E-state index in [1.165, 1.54) is 44.9 Å². The van der Waals surface area contributed by atoms with Crippen LogP contribution in [0.25, 0.3) is 11.2 Å². The average Bonchev–Trinajstić information content (AvgIpc) is 2.76. The highest BCUT2D eigenvalue weighted by Gasteiger charge is 2.20. The van der Waals surface area contributed by atoms with Crippen molar-refractivity contribution in [1.29, 1.82) is 0 Å². The van der Waals surface area contributed by atoms with Gasteiger partial charge >= 0.3 is 0 Å². The molecule has 3 nitrogen and oxygen atoms in total. The van der Waals surface area contributed by atoms with Gasteiger partial charge in [0.2, 0.25) is 0 Å². The Kier molecular flexibility index (Phi) is 5.02. The molecule has 1 aliphatic rings. The first-order valence-corrected chi connectivity index (χ1v) is 8.79. The lowest BCUT2D eigenvalue weighted by Gasteiger charge is -2.23. The monoisotopic (exact) mass is 325 g/mol. The number of pyridine rings is 1. The van der Waals surface area contributed by atoms with Gasteiger partial charge in [-0.05, 0) is 18.9 Å². The molecule has 1 aliphatic carbocycles. The average molecular weight is 326 g/mol. The van der Waals surface area contributed by atoms with Crippen molar-refractivity contribution in [3.63, 3.8) is 0 Å². The normalized spacial score (nSPS) is 17.8. The summed E-state index contributed by atoms with van der Waals surface area (Å²) in [4.78, 5) is 9.26. The predicted molar refractivity (Wildman–Crippen MR) is 88.3 cm³/mol. The van der Waals surface area contributed by atoms with Crippen LogP contribution in [0.5, 0.6) is 0 Å². The van der Waals surface area contributed by atoms with Crippen LogP contribution in [0.4, 0.5) is 0 Å². The zero-order chi connectivity index (χ0) is 14.7. The smallest absolute Gasteiger partial charge is 0.160 e. The molecule has 1 saturated carbocycles. The van der Waals surface area contributed by atoms with E-state index < -0.39 is 0 Å². The fourth-order valence-electron chi connectivity index (χ4n) is 3.34. The molecule has 0 spiro atoms. The molecule has 0 amide bonds. The summed E-state index contributed by atoms with van der Waals surface area (Å²) in [5.74, 6) is 1.64. The molecule has 21 heavy (non-hydrogen) atoms. The van der Waals surface area contributed by atoms with Gasteiger partial charge in [-0.1, -0.05) is 43.7 Å². The number of rotatable bonds is 3. The second kappa shape index (κ2) is 6.97. The molecule has 0 saturated heterocycles. The molecule has 0 aliphatic heterocycles. The highest BCUT2D eigenvalue weighted by atomic mass is 35.5. The summed E-state index contributed by atoms with van der Waals surface area (Å²) in [5.41, 5.74) is 1.86. The van der Waals surface area contributed by atoms with Crippen molar-refractivity contribution in [2.75, 3.05) is 5.88 Å². The summed E-state index contributed by atoms with van der Waals surface area (Å²) in [5, 5.41) is 0.641. The lowest BCUT2D eigenvalue weighted by molar-refractivity contribution is 0.370. The Bertz CT molecular complexity index is 601. The zero-order valence-electron chi connectivity index (χ0n) is 12.2. The Morgan fingerprint density at radius 3 is 2.57 bits per heavy atom. The highest BCUT2D eigenvalue weighted by molar-refractivity contribution is 6.31. The fraction of sp³-hybridized carbons (Fsp3) is 0.625. The van der Waals surface area contributed by atoms with E-state index in [0.29, 0.717) is 16.9 Å². The van der Waals surface area contributed by atoms with E-state index in [4.69, 9.17) is 28.2 Å². The van der Waals surface area contributed by atoms with E-state index >= 15 is 0 Å². The molecule has 0 atom stereocenters. The Labute approximate surface area is 135 Å². The first-order chi connectivity index (χ1) is 10.3. The maximum absolute atomic E-state index is 6.05. The van der Waals surface area contributed by atoms with Gasteiger partial charge < -0.3 is 4.57 Å². The second-order valence-corrected chi connectivity index (χ2v) is 6.65. The van der Waals surface area contributed by atoms with Crippen LogP contribution in [-0.4, -0.2) is 20.4 Å². The van der Waals surface area contributed by atoms with Gasteiger partial charge in [0.25, 0.3) is 0 Å². The van der Waals surface area contributed by atoms with Crippen LogP contribution in [0.1, 0.15) is 56.8 Å². The summed E-state index contributed by atoms with van der Waals surface area (Å²) in [6, 6.07) is 2.41. The molecule has 1 fully saturated rings. The summed E-state index contributed by atoms with van der Waals surface area (Å²) < 4.78 is 2.33. The number of fused-ring (bicyclic) bond motifs is 1. The molecule has 0 unspecified atom stereocenters. The first-order valence-electron chi connectivity index (χ1n) is 7.88. The van der Waals surface area contributed by atoms with Crippen molar-refractivity contribution in [1.82, 2.24) is 14.5 Å². The fourth-order valence-corrected chi connectivity index (χ4v) is 3.66. The Morgan fingerprint density at radius 2 is 1.86 bits per heavy atom. The minimum Gasteiger partial charge on any atom is -0.310 e. The molecule has 0 bridgehead atoms. The summed E-state index contributed by atoms with van der Waals surface area (Å²) in [6.07, 6.45) is 11.6. The van der Waals surface area contributed by atoms with Crippen LogP contribution in [-0.2, 0) is 6.42 Å². The predicted octanol–water partition coefficient (Wildman–Crippen LogP) is 5.15. The van der Waals surface area contributed by atoms with E-state index in [0.717, 1.165) is 23.4 Å². The molecular formula is C16H21Cl2N3. The molecule has 0 aromatic carbocycles. The van der Waals surface area contributed by atoms with Gasteiger partial charge in [0, 0.05) is 24.5 Å². The van der Waals surface area contributed by atoms with Gasteiger partial charge in [-0.3, -0.25) is 0 Å². The number of alkyl halides is 1. The molecule has 3 rings (SSSR count). The van der Waals surface area contributed by atoms with Crippen LogP contribution in [0.15, 0.2) is 12.3 Å². The van der Waals surface area contributed by atoms with Crippen LogP contribution < -0.4 is 0 Å². The van der Waals surface area contributed by atoms with Crippen LogP contribution in [0.2, 0.25) is 5.02 Å². The minimum atomic E-state index is 0.502. The maximum atomic E-state index is 6.05. The van der Waals surface area contributed by atoms with Gasteiger partial charge in [0.05, 0.1) is 5.02 Å². The highest BCUT2D eigenvalue weighted by Crippen LogP contribution is 2.31. The van der Waals surface area contributed by atoms with Crippen molar-refractivity contribution in [2.24, 2.45) is 0 Å². The molecule has 114 valence electrons. The van der Waals surface area contributed by atoms with Gasteiger partial charge in [-0.25, -0.2) is 9.97 Å². The van der Waals surface area contributed by atoms with Gasteiger partial charge in [0.15, 0.2) is 5.65 Å². The maximum Gasteiger partial charge on any atom is 0.160 e. The third-order valence-corrected chi connectivity index (χ3v) is 4.72. The lowest BCUT2D eigenvalue weighted by atomic mass is 9.96. The van der Waals surface area contributed by atoms with Crippen LogP contribution >= 0.6 is 23.2 Å². The van der Waals surface area contributed by atoms with Crippen LogP contribution in [0.3, 0.4) is 0 Å². The van der Waals surface area contributed by atoms with Crippen molar-refractivity contribution in [3.8, 4) is 0 Å². The van der Waals surface area contributed by atoms with Gasteiger partial charge in [-0.15, -0.1) is 11.6 Å². The molecular weight excluding hydrogens is 305 g/mol. The Hall–Kier alpha value is -0.800. The van der Waals surface area contributed by atoms with Crippen molar-refractivity contribution < 1.29 is 0 Å².